The summed E-state index contributed by atoms with van der Waals surface area (Å²) in [5, 5.41) is -0.575. The highest BCUT2D eigenvalue weighted by molar-refractivity contribution is 7.92. The van der Waals surface area contributed by atoms with Crippen LogP contribution in [0, 0.1) is 17.2 Å². The van der Waals surface area contributed by atoms with Gasteiger partial charge in [0.1, 0.15) is 15.7 Å². The summed E-state index contributed by atoms with van der Waals surface area (Å²) in [6.07, 6.45) is 6.92. The summed E-state index contributed by atoms with van der Waals surface area (Å²) in [6.45, 7) is 3.71. The van der Waals surface area contributed by atoms with Crippen molar-refractivity contribution in [3.8, 4) is 0 Å². The summed E-state index contributed by atoms with van der Waals surface area (Å²) in [5.74, 6) is -2.29. The Kier molecular flexibility index (Phi) is 6.42. The first-order valence-corrected chi connectivity index (χ1v) is 13.8. The predicted molar refractivity (Wildman–Crippen MR) is 129 cm³/mol. The van der Waals surface area contributed by atoms with Crippen LogP contribution in [0.2, 0.25) is 10.0 Å². The molecule has 1 aromatic heterocycles. The lowest BCUT2D eigenvalue weighted by Gasteiger charge is -2.38. The van der Waals surface area contributed by atoms with Gasteiger partial charge in [-0.25, -0.2) is 17.8 Å². The monoisotopic (exact) mass is 530 g/mol. The third kappa shape index (κ3) is 4.25. The van der Waals surface area contributed by atoms with Crippen LogP contribution in [0.3, 0.4) is 0 Å². The number of rotatable bonds is 5. The van der Waals surface area contributed by atoms with Gasteiger partial charge in [-0.2, -0.15) is 4.39 Å². The number of halogens is 4. The van der Waals surface area contributed by atoms with Crippen molar-refractivity contribution in [2.45, 2.75) is 49.5 Å². The average Bonchev–Trinajstić information content (AvgIpc) is 3.52. The summed E-state index contributed by atoms with van der Waals surface area (Å²) >= 11 is 12.7. The van der Waals surface area contributed by atoms with Crippen LogP contribution in [0.1, 0.15) is 38.5 Å². The molecule has 2 saturated heterocycles. The molecular formula is C23H26Cl2F2N4O2S. The Hall–Kier alpha value is -1.68. The van der Waals surface area contributed by atoms with Crippen LogP contribution in [0.25, 0.3) is 0 Å². The number of hydrogen-bond acceptors (Lipinski definition) is 5. The average molecular weight is 531 g/mol. The molecule has 1 spiro atoms. The Morgan fingerprint density at radius 2 is 1.85 bits per heavy atom. The minimum absolute atomic E-state index is 0.131. The van der Waals surface area contributed by atoms with E-state index in [2.05, 4.69) is 14.6 Å². The van der Waals surface area contributed by atoms with E-state index < -0.39 is 26.7 Å². The second-order valence-electron chi connectivity index (χ2n) is 9.47. The molecule has 3 aliphatic rings. The first kappa shape index (κ1) is 24.0. The Balaban J connectivity index is 1.42. The standard InChI is InChI=1S/C23H26Cl2F2N4O2S/c24-15-13-16(31-12-9-23(14-31)8-4-5-17(23)30-10-1-2-11-30)20(25)21(27)22(15)34(32,33)29-19-7-3-6-18(26)28-19/h3,6-7,13,17H,1-2,4-5,8-12,14H2,(H,28,29)/t17-,23-/m0/s1. The zero-order valence-electron chi connectivity index (χ0n) is 18.5. The van der Waals surface area contributed by atoms with Crippen molar-refractivity contribution in [2.75, 3.05) is 35.8 Å². The van der Waals surface area contributed by atoms with Crippen LogP contribution in [0.15, 0.2) is 29.2 Å². The highest BCUT2D eigenvalue weighted by atomic mass is 35.5. The lowest BCUT2D eigenvalue weighted by atomic mass is 9.81. The Morgan fingerprint density at radius 1 is 1.09 bits per heavy atom. The van der Waals surface area contributed by atoms with Crippen molar-refractivity contribution in [1.82, 2.24) is 9.88 Å². The highest BCUT2D eigenvalue weighted by Gasteiger charge is 2.50. The molecule has 3 heterocycles. The molecule has 5 rings (SSSR count). The van der Waals surface area contributed by atoms with Gasteiger partial charge in [0.25, 0.3) is 10.0 Å². The van der Waals surface area contributed by atoms with Crippen LogP contribution >= 0.6 is 23.2 Å². The molecule has 3 fully saturated rings. The van der Waals surface area contributed by atoms with Gasteiger partial charge < -0.3 is 4.90 Å². The maximum Gasteiger partial charge on any atom is 0.267 e. The van der Waals surface area contributed by atoms with E-state index in [-0.39, 0.29) is 21.3 Å². The molecule has 2 atom stereocenters. The molecule has 0 bridgehead atoms. The fraction of sp³-hybridized carbons (Fsp3) is 0.522. The van der Waals surface area contributed by atoms with Crippen LogP contribution in [0.4, 0.5) is 20.3 Å². The smallest absolute Gasteiger partial charge is 0.267 e. The third-order valence-electron chi connectivity index (χ3n) is 7.49. The largest absolute Gasteiger partial charge is 0.370 e. The summed E-state index contributed by atoms with van der Waals surface area (Å²) in [6, 6.07) is 5.54. The van der Waals surface area contributed by atoms with E-state index in [0.717, 1.165) is 38.5 Å². The zero-order chi connectivity index (χ0) is 24.1. The fourth-order valence-electron chi connectivity index (χ4n) is 6.02. The van der Waals surface area contributed by atoms with Crippen LogP contribution in [-0.2, 0) is 10.0 Å². The first-order chi connectivity index (χ1) is 16.2. The summed E-state index contributed by atoms with van der Waals surface area (Å²) in [7, 11) is -4.49. The summed E-state index contributed by atoms with van der Waals surface area (Å²) < 4.78 is 56.5. The van der Waals surface area contributed by atoms with E-state index in [1.54, 1.807) is 0 Å². The van der Waals surface area contributed by atoms with Gasteiger partial charge in [-0.15, -0.1) is 0 Å². The number of sulfonamides is 1. The maximum atomic E-state index is 15.4. The minimum Gasteiger partial charge on any atom is -0.370 e. The number of benzene rings is 1. The zero-order valence-corrected chi connectivity index (χ0v) is 20.9. The number of likely N-dealkylation sites (tertiary alicyclic amines) is 1. The van der Waals surface area contributed by atoms with Gasteiger partial charge in [-0.05, 0) is 63.4 Å². The van der Waals surface area contributed by atoms with E-state index in [9.17, 15) is 12.8 Å². The molecule has 0 unspecified atom stereocenters. The molecule has 1 aromatic carbocycles. The van der Waals surface area contributed by atoms with Crippen molar-refractivity contribution in [3.05, 3.63) is 46.1 Å². The Bertz CT molecular complexity index is 1210. The lowest BCUT2D eigenvalue weighted by Crippen LogP contribution is -2.44. The van der Waals surface area contributed by atoms with Gasteiger partial charge in [0.05, 0.1) is 10.7 Å². The number of nitrogens with one attached hydrogen (secondary N) is 1. The van der Waals surface area contributed by atoms with Crippen LogP contribution in [0.5, 0.6) is 0 Å². The van der Waals surface area contributed by atoms with Crippen molar-refractivity contribution < 1.29 is 17.2 Å². The predicted octanol–water partition coefficient (Wildman–Crippen LogP) is 5.31. The number of aromatic nitrogens is 1. The number of hydrogen-bond donors (Lipinski definition) is 1. The van der Waals surface area contributed by atoms with Gasteiger partial charge in [0.2, 0.25) is 5.95 Å². The third-order valence-corrected chi connectivity index (χ3v) is 9.67. The topological polar surface area (TPSA) is 65.5 Å². The molecule has 6 nitrogen and oxygen atoms in total. The molecule has 2 aromatic rings. The van der Waals surface area contributed by atoms with Gasteiger partial charge in [0, 0.05) is 24.5 Å². The van der Waals surface area contributed by atoms with Crippen molar-refractivity contribution in [3.63, 3.8) is 0 Å². The first-order valence-electron chi connectivity index (χ1n) is 11.5. The van der Waals surface area contributed by atoms with Crippen LogP contribution in [-0.4, -0.2) is 50.5 Å². The van der Waals surface area contributed by atoms with Crippen molar-refractivity contribution >= 4 is 44.7 Å². The summed E-state index contributed by atoms with van der Waals surface area (Å²) in [5.41, 5.74) is 0.530. The molecule has 2 aliphatic heterocycles. The Labute approximate surface area is 208 Å². The maximum absolute atomic E-state index is 15.4. The van der Waals surface area contributed by atoms with Crippen LogP contribution < -0.4 is 9.62 Å². The van der Waals surface area contributed by atoms with Crippen molar-refractivity contribution in [1.29, 1.82) is 0 Å². The normalized spacial score (nSPS) is 25.5. The van der Waals surface area contributed by atoms with Gasteiger partial charge in [0.15, 0.2) is 5.82 Å². The SMILES string of the molecule is O=S(=O)(Nc1cccc(F)n1)c1c(Cl)cc(N2CC[C@@]3(CCC[C@@H]3N3CCCC3)C2)c(Cl)c1F. The quantitative estimate of drug-likeness (QED) is 0.419. The Morgan fingerprint density at radius 3 is 2.59 bits per heavy atom. The second-order valence-corrected chi connectivity index (χ2v) is 11.9. The van der Waals surface area contributed by atoms with E-state index in [1.807, 2.05) is 4.90 Å². The molecule has 1 N–H and O–H groups in total. The van der Waals surface area contributed by atoms with Gasteiger partial charge in [-0.1, -0.05) is 35.7 Å². The minimum atomic E-state index is -4.49. The molecule has 11 heteroatoms. The molecule has 1 saturated carbocycles. The number of nitrogens with zero attached hydrogens (tertiary/aromatic N) is 3. The lowest BCUT2D eigenvalue weighted by molar-refractivity contribution is 0.126. The van der Waals surface area contributed by atoms with E-state index in [4.69, 9.17) is 23.2 Å². The van der Waals surface area contributed by atoms with Gasteiger partial charge in [-0.3, -0.25) is 9.62 Å². The van der Waals surface area contributed by atoms with E-state index in [1.165, 1.54) is 43.9 Å². The van der Waals surface area contributed by atoms with Crippen molar-refractivity contribution in [2.24, 2.45) is 5.41 Å². The molecule has 0 amide bonds. The summed E-state index contributed by atoms with van der Waals surface area (Å²) in [4.78, 5) is 7.32. The fourth-order valence-corrected chi connectivity index (χ4v) is 7.98. The molecular weight excluding hydrogens is 505 g/mol. The van der Waals surface area contributed by atoms with E-state index in [0.29, 0.717) is 18.3 Å². The molecule has 1 aliphatic carbocycles. The number of anilines is 2. The molecule has 0 radical (unpaired) electrons. The van der Waals surface area contributed by atoms with E-state index >= 15 is 4.39 Å². The second kappa shape index (κ2) is 9.08. The highest BCUT2D eigenvalue weighted by Crippen LogP contribution is 2.51. The van der Waals surface area contributed by atoms with Gasteiger partial charge >= 0.3 is 0 Å². The molecule has 184 valence electrons. The number of pyridine rings is 1. The molecule has 34 heavy (non-hydrogen) atoms.